The maximum Gasteiger partial charge on any atom is 0.343 e. The zero-order chi connectivity index (χ0) is 53.9. The molecule has 1 aliphatic carbocycles. The van der Waals surface area contributed by atoms with Crippen molar-refractivity contribution in [2.75, 3.05) is 32.8 Å². The van der Waals surface area contributed by atoms with Crippen molar-refractivity contribution in [2.45, 2.75) is 102 Å². The summed E-state index contributed by atoms with van der Waals surface area (Å²) in [5, 5.41) is 32.6. The summed E-state index contributed by atoms with van der Waals surface area (Å²) >= 11 is 0. The Kier molecular flexibility index (Phi) is 15.7. The molecule has 8 N–H and O–H groups in total. The minimum atomic E-state index is -2.15. The number of benzene rings is 2. The predicted octanol–water partition coefficient (Wildman–Crippen LogP) is -0.249. The second-order valence-corrected chi connectivity index (χ2v) is 18.8. The Morgan fingerprint density at radius 2 is 1.63 bits per heavy atom. The molecule has 2 aromatic carbocycles. The molecule has 4 aliphatic rings. The summed E-state index contributed by atoms with van der Waals surface area (Å²) in [6.45, 7) is 0.0609. The molecule has 3 aliphatic heterocycles. The second kappa shape index (κ2) is 22.1. The number of primary amides is 1. The number of unbranched alkanes of at least 4 members (excludes halogenated alkanes) is 2. The summed E-state index contributed by atoms with van der Waals surface area (Å²) in [6.07, 6.45) is 3.96. The zero-order valence-corrected chi connectivity index (χ0v) is 41.2. The standard InChI is InChI=1S/C52H56FN9O13/c1-3-52(74)32-19-37-47-30(24-61(37)50(72)31(32)26-75-51(52)73)46-36(14-13-29-27(2)33(53)20-34(59-47)45(29)46)62(38(25-63)48(54)70)44(69)23-57-49(71)35(18-28-10-6-4-7-11-28)58-41(66)22-56-40(65)21-55-39(64)12-8-5-9-17-60-42(67)15-16-43(60)68/h4,6-7,10-11,15-16,19-20,35-36,38,63,74H,3,5,8-9,12-14,17-18,21-26H2,1-2H3,(H2,54,70)(H,55,64)(H,56,65)(H,57,71)(H,58,66)/t35-,36-,38-,52-/m0/s1. The molecule has 5 heterocycles. The Morgan fingerprint density at radius 1 is 0.920 bits per heavy atom. The van der Waals surface area contributed by atoms with Crippen molar-refractivity contribution in [3.8, 4) is 11.4 Å². The van der Waals surface area contributed by atoms with Crippen LogP contribution in [-0.4, -0.2) is 128 Å². The van der Waals surface area contributed by atoms with Gasteiger partial charge >= 0.3 is 5.97 Å². The van der Waals surface area contributed by atoms with E-state index in [1.807, 2.05) is 0 Å². The van der Waals surface area contributed by atoms with Gasteiger partial charge in [-0.15, -0.1) is 0 Å². The van der Waals surface area contributed by atoms with Crippen LogP contribution in [0.2, 0.25) is 0 Å². The number of fused-ring (bicyclic) bond motifs is 5. The van der Waals surface area contributed by atoms with E-state index in [0.717, 1.165) is 9.80 Å². The molecule has 8 rings (SSSR count). The number of aliphatic hydroxyl groups is 2. The van der Waals surface area contributed by atoms with Gasteiger partial charge in [0.25, 0.3) is 17.4 Å². The normalized spacial score (nSPS) is 17.9. The summed E-state index contributed by atoms with van der Waals surface area (Å²) in [7, 11) is 0. The molecule has 22 nitrogen and oxygen atoms in total. The summed E-state index contributed by atoms with van der Waals surface area (Å²) in [6, 6.07) is 7.20. The molecule has 0 saturated carbocycles. The van der Waals surface area contributed by atoms with Gasteiger partial charge in [0.15, 0.2) is 5.60 Å². The Hall–Kier alpha value is -8.18. The number of nitrogens with zero attached hydrogens (tertiary/aromatic N) is 4. The molecule has 0 spiro atoms. The topological polar surface area (TPSA) is 319 Å². The molecule has 0 unspecified atom stereocenters. The highest BCUT2D eigenvalue weighted by atomic mass is 19.1. The van der Waals surface area contributed by atoms with Crippen molar-refractivity contribution >= 4 is 64.1 Å². The fourth-order valence-corrected chi connectivity index (χ4v) is 10.3. The lowest BCUT2D eigenvalue weighted by Gasteiger charge is -2.40. The van der Waals surface area contributed by atoms with Crippen molar-refractivity contribution in [1.29, 1.82) is 0 Å². The van der Waals surface area contributed by atoms with E-state index in [-0.39, 0.29) is 85.0 Å². The number of hydrogen-bond acceptors (Lipinski definition) is 14. The van der Waals surface area contributed by atoms with E-state index in [9.17, 15) is 58.2 Å². The number of aromatic nitrogens is 2. The van der Waals surface area contributed by atoms with Crippen molar-refractivity contribution in [2.24, 2.45) is 5.73 Å². The van der Waals surface area contributed by atoms with Crippen LogP contribution < -0.4 is 32.6 Å². The average molecular weight is 1030 g/mol. The number of ether oxygens (including phenoxy) is 1. The van der Waals surface area contributed by atoms with Crippen LogP contribution in [0.15, 0.2) is 59.4 Å². The molecule has 75 heavy (non-hydrogen) atoms. The van der Waals surface area contributed by atoms with Crippen molar-refractivity contribution < 1.29 is 62.5 Å². The number of aliphatic hydroxyl groups excluding tert-OH is 1. The van der Waals surface area contributed by atoms with Crippen LogP contribution in [0.5, 0.6) is 0 Å². The molecule has 4 aromatic rings. The lowest BCUT2D eigenvalue weighted by atomic mass is 9.80. The maximum atomic E-state index is 15.7. The Labute approximate surface area is 427 Å². The fraction of sp³-hybridized carbons (Fsp3) is 0.404. The molecule has 4 atom stereocenters. The minimum absolute atomic E-state index is 0.0376. The fourth-order valence-electron chi connectivity index (χ4n) is 10.3. The molecule has 8 amide bonds. The molecular formula is C52H56FN9O13. The number of aryl methyl sites for hydroxylation is 1. The van der Waals surface area contributed by atoms with E-state index >= 15 is 4.39 Å². The van der Waals surface area contributed by atoms with Crippen LogP contribution in [0, 0.1) is 12.7 Å². The number of pyridine rings is 2. The van der Waals surface area contributed by atoms with Gasteiger partial charge in [0.05, 0.1) is 61.3 Å². The summed E-state index contributed by atoms with van der Waals surface area (Å²) in [5.41, 5.74) is 6.02. The summed E-state index contributed by atoms with van der Waals surface area (Å²) < 4.78 is 22.3. The Morgan fingerprint density at radius 3 is 2.32 bits per heavy atom. The number of nitrogens with two attached hydrogens (primary N) is 1. The van der Waals surface area contributed by atoms with Crippen LogP contribution >= 0.6 is 0 Å². The number of imide groups is 1. The third kappa shape index (κ3) is 10.6. The quantitative estimate of drug-likeness (QED) is 0.0283. The number of carbonyl (C=O) groups excluding carboxylic acids is 9. The van der Waals surface area contributed by atoms with Gasteiger partial charge in [-0.05, 0) is 67.3 Å². The summed E-state index contributed by atoms with van der Waals surface area (Å²) in [5.74, 6) is -7.02. The number of nitrogens with one attached hydrogen (secondary N) is 4. The van der Waals surface area contributed by atoms with E-state index in [1.54, 1.807) is 44.2 Å². The summed E-state index contributed by atoms with van der Waals surface area (Å²) in [4.78, 5) is 138. The monoisotopic (exact) mass is 1030 g/mol. The third-order valence-electron chi connectivity index (χ3n) is 14.2. The molecule has 394 valence electrons. The molecule has 23 heteroatoms. The number of hydrogen-bond donors (Lipinski definition) is 7. The van der Waals surface area contributed by atoms with Gasteiger partial charge in [-0.25, -0.2) is 14.2 Å². The van der Waals surface area contributed by atoms with Gasteiger partial charge in [0.1, 0.15) is 24.5 Å². The van der Waals surface area contributed by atoms with E-state index < -0.39 is 109 Å². The molecule has 0 saturated heterocycles. The largest absolute Gasteiger partial charge is 0.458 e. The SMILES string of the molecule is CC[C@@]1(O)C(=O)OCc2c1cc1n(c2=O)Cc2c-1nc1cc(F)c(C)c3c1c2[C@@H](N(C(=O)CNC(=O)[C@H](Cc1ccccc1)NC(=O)CNC(=O)CNC(=O)CCCCCN1C(=O)C=CC1=O)[C@@H](CO)C(N)=O)CC3. The van der Waals surface area contributed by atoms with E-state index in [0.29, 0.717) is 52.5 Å². The van der Waals surface area contributed by atoms with Gasteiger partial charge in [-0.2, -0.15) is 0 Å². The highest BCUT2D eigenvalue weighted by Gasteiger charge is 2.47. The maximum absolute atomic E-state index is 15.7. The van der Waals surface area contributed by atoms with Gasteiger partial charge in [-0.1, -0.05) is 43.7 Å². The Bertz CT molecular complexity index is 3120. The van der Waals surface area contributed by atoms with Crippen LogP contribution in [0.25, 0.3) is 22.3 Å². The number of amides is 8. The second-order valence-electron chi connectivity index (χ2n) is 18.8. The smallest absolute Gasteiger partial charge is 0.343 e. The number of halogens is 1. The van der Waals surface area contributed by atoms with Crippen LogP contribution in [0.1, 0.15) is 90.4 Å². The highest BCUT2D eigenvalue weighted by Crippen LogP contribution is 2.48. The van der Waals surface area contributed by atoms with Crippen molar-refractivity contribution in [3.63, 3.8) is 0 Å². The number of rotatable bonds is 21. The molecule has 0 fully saturated rings. The van der Waals surface area contributed by atoms with Gasteiger partial charge in [0.2, 0.25) is 35.4 Å². The van der Waals surface area contributed by atoms with Gasteiger partial charge in [-0.3, -0.25) is 48.1 Å². The van der Waals surface area contributed by atoms with E-state index in [4.69, 9.17) is 15.5 Å². The predicted molar refractivity (Wildman–Crippen MR) is 263 cm³/mol. The van der Waals surface area contributed by atoms with Gasteiger partial charge < -0.3 is 51.4 Å². The van der Waals surface area contributed by atoms with Crippen molar-refractivity contribution in [3.05, 3.63) is 110 Å². The molecule has 2 aromatic heterocycles. The van der Waals surface area contributed by atoms with Crippen molar-refractivity contribution in [1.82, 2.24) is 40.6 Å². The van der Waals surface area contributed by atoms with Crippen LogP contribution in [-0.2, 0) is 79.5 Å². The number of carbonyl (C=O) groups is 9. The zero-order valence-electron chi connectivity index (χ0n) is 41.2. The first-order chi connectivity index (χ1) is 35.9. The highest BCUT2D eigenvalue weighted by molar-refractivity contribution is 6.12. The van der Waals surface area contributed by atoms with Crippen LogP contribution in [0.4, 0.5) is 4.39 Å². The third-order valence-corrected chi connectivity index (χ3v) is 14.2. The minimum Gasteiger partial charge on any atom is -0.458 e. The first kappa shape index (κ1) is 53.1. The first-order valence-corrected chi connectivity index (χ1v) is 24.6. The van der Waals surface area contributed by atoms with Crippen LogP contribution in [0.3, 0.4) is 0 Å². The lowest BCUT2D eigenvalue weighted by Crippen LogP contribution is -2.56. The van der Waals surface area contributed by atoms with Gasteiger partial charge in [0, 0.05) is 54.1 Å². The molecule has 0 bridgehead atoms. The van der Waals surface area contributed by atoms with E-state index in [2.05, 4.69) is 21.3 Å². The lowest BCUT2D eigenvalue weighted by molar-refractivity contribution is -0.172. The Balaban J connectivity index is 0.985. The number of cyclic esters (lactones) is 1. The molecular weight excluding hydrogens is 978 g/mol. The average Bonchev–Trinajstić information content (AvgIpc) is 3.98. The first-order valence-electron chi connectivity index (χ1n) is 24.6. The van der Waals surface area contributed by atoms with E-state index in [1.165, 1.54) is 28.9 Å². The molecule has 0 radical (unpaired) electrons. The number of esters is 1.